The number of alkyl halides is 3. The van der Waals surface area contributed by atoms with Crippen molar-refractivity contribution >= 4 is 49.2 Å². The molecule has 0 radical (unpaired) electrons. The number of likely N-dealkylation sites (tertiary alicyclic amines) is 1. The summed E-state index contributed by atoms with van der Waals surface area (Å²) in [5.41, 5.74) is -1.54. The number of rotatable bonds is 10. The lowest BCUT2D eigenvalue weighted by molar-refractivity contribution is -0.138. The van der Waals surface area contributed by atoms with Gasteiger partial charge in [-0.15, -0.1) is 0 Å². The van der Waals surface area contributed by atoms with E-state index in [2.05, 4.69) is 14.8 Å². The first kappa shape index (κ1) is 30.6. The van der Waals surface area contributed by atoms with Gasteiger partial charge in [-0.05, 0) is 41.5 Å². The van der Waals surface area contributed by atoms with Crippen LogP contribution in [-0.4, -0.2) is 59.6 Å². The van der Waals surface area contributed by atoms with Gasteiger partial charge in [0, 0.05) is 54.9 Å². The summed E-state index contributed by atoms with van der Waals surface area (Å²) in [5, 5.41) is 2.37. The minimum Gasteiger partial charge on any atom is -0.348 e. The quantitative estimate of drug-likeness (QED) is 0.377. The summed E-state index contributed by atoms with van der Waals surface area (Å²) >= 11 is 12.2. The molecule has 3 rings (SSSR count). The third kappa shape index (κ3) is 7.37. The first-order valence-corrected chi connectivity index (χ1v) is 15.1. The molecular weight excluding hydrogens is 592 g/mol. The first-order valence-electron chi connectivity index (χ1n) is 11.2. The van der Waals surface area contributed by atoms with E-state index in [0.717, 1.165) is 6.07 Å². The van der Waals surface area contributed by atoms with E-state index in [0.29, 0.717) is 6.07 Å². The van der Waals surface area contributed by atoms with Crippen molar-refractivity contribution < 1.29 is 34.8 Å². The molecule has 1 aliphatic heterocycles. The minimum atomic E-state index is -4.83. The molecule has 38 heavy (non-hydrogen) atoms. The lowest BCUT2D eigenvalue weighted by Crippen LogP contribution is -2.60. The Morgan fingerprint density at radius 2 is 1.76 bits per heavy atom. The zero-order valence-corrected chi connectivity index (χ0v) is 23.3. The van der Waals surface area contributed by atoms with Gasteiger partial charge in [-0.1, -0.05) is 30.1 Å². The van der Waals surface area contributed by atoms with Crippen LogP contribution in [0.4, 0.5) is 13.2 Å². The van der Waals surface area contributed by atoms with Crippen molar-refractivity contribution in [3.63, 3.8) is 0 Å². The van der Waals surface area contributed by atoms with Crippen LogP contribution in [0.15, 0.2) is 35.2 Å². The molecule has 16 heteroatoms. The van der Waals surface area contributed by atoms with Crippen molar-refractivity contribution in [1.29, 1.82) is 0 Å². The minimum absolute atomic E-state index is 0.0427. The Morgan fingerprint density at radius 1 is 1.11 bits per heavy atom. The number of halogens is 5. The van der Waals surface area contributed by atoms with Gasteiger partial charge in [0.2, 0.25) is 0 Å². The van der Waals surface area contributed by atoms with Crippen LogP contribution in [0.2, 0.25) is 10.0 Å². The molecule has 3 N–H and O–H groups in total. The van der Waals surface area contributed by atoms with Crippen molar-refractivity contribution in [1.82, 2.24) is 19.7 Å². The number of hydrogen-bond acceptors (Lipinski definition) is 6. The van der Waals surface area contributed by atoms with Gasteiger partial charge in [-0.3, -0.25) is 9.69 Å². The molecule has 2 aromatic rings. The molecule has 0 spiro atoms. The second-order valence-corrected chi connectivity index (χ2v) is 13.3. The maximum Gasteiger partial charge on any atom is 0.416 e. The molecule has 0 bridgehead atoms. The van der Waals surface area contributed by atoms with Gasteiger partial charge in [0.1, 0.15) is 0 Å². The number of nitrogens with one attached hydrogen (secondary N) is 3. The van der Waals surface area contributed by atoms with Crippen molar-refractivity contribution in [3.05, 3.63) is 62.6 Å². The Bertz CT molecular complexity index is 1430. The summed E-state index contributed by atoms with van der Waals surface area (Å²) in [5.74, 6) is -1.09. The van der Waals surface area contributed by atoms with Crippen LogP contribution in [0.25, 0.3) is 0 Å². The van der Waals surface area contributed by atoms with E-state index in [-0.39, 0.29) is 63.6 Å². The predicted octanol–water partition coefficient (Wildman–Crippen LogP) is 2.97. The third-order valence-electron chi connectivity index (χ3n) is 5.87. The summed E-state index contributed by atoms with van der Waals surface area (Å²) in [6, 6.07) is 5.36. The van der Waals surface area contributed by atoms with Crippen LogP contribution < -0.4 is 14.8 Å². The average molecular weight is 617 g/mol. The molecule has 9 nitrogen and oxygen atoms in total. The number of hydrogen-bond donors (Lipinski definition) is 3. The lowest BCUT2D eigenvalue weighted by Gasteiger charge is -2.39. The summed E-state index contributed by atoms with van der Waals surface area (Å²) in [6.07, 6.45) is -4.83. The first-order chi connectivity index (χ1) is 17.6. The van der Waals surface area contributed by atoms with Crippen molar-refractivity contribution in [2.45, 2.75) is 37.1 Å². The molecule has 1 fully saturated rings. The van der Waals surface area contributed by atoms with Crippen LogP contribution >= 0.6 is 23.2 Å². The van der Waals surface area contributed by atoms with Gasteiger partial charge < -0.3 is 5.32 Å². The number of sulfone groups is 1. The second kappa shape index (κ2) is 11.7. The predicted molar refractivity (Wildman–Crippen MR) is 137 cm³/mol. The van der Waals surface area contributed by atoms with E-state index >= 15 is 0 Å². The van der Waals surface area contributed by atoms with E-state index in [4.69, 9.17) is 23.2 Å². The smallest absolute Gasteiger partial charge is 0.348 e. The Morgan fingerprint density at radius 3 is 2.34 bits per heavy atom. The summed E-state index contributed by atoms with van der Waals surface area (Å²) in [6.45, 7) is 1.27. The molecule has 0 atom stereocenters. The van der Waals surface area contributed by atoms with Gasteiger partial charge in [-0.2, -0.15) is 26.3 Å². The Kier molecular flexibility index (Phi) is 9.39. The monoisotopic (exact) mass is 616 g/mol. The molecule has 1 amide bonds. The molecule has 0 saturated carbocycles. The van der Waals surface area contributed by atoms with E-state index in [1.807, 2.05) is 0 Å². The molecule has 1 heterocycles. The molecule has 210 valence electrons. The Hall–Kier alpha value is -1.94. The molecule has 2 aromatic carbocycles. The van der Waals surface area contributed by atoms with Crippen molar-refractivity contribution in [3.8, 4) is 0 Å². The van der Waals surface area contributed by atoms with Crippen molar-refractivity contribution in [2.75, 3.05) is 25.9 Å². The molecule has 0 unspecified atom stereocenters. The highest BCUT2D eigenvalue weighted by Crippen LogP contribution is 2.37. The average Bonchev–Trinajstić information content (AvgIpc) is 2.80. The van der Waals surface area contributed by atoms with Crippen molar-refractivity contribution in [2.24, 2.45) is 0 Å². The summed E-state index contributed by atoms with van der Waals surface area (Å²) in [4.78, 5) is 14.3. The molecule has 1 aliphatic rings. The maximum absolute atomic E-state index is 13.9. The molecule has 1 saturated heterocycles. The van der Waals surface area contributed by atoms with Crippen LogP contribution in [0.5, 0.6) is 0 Å². The van der Waals surface area contributed by atoms with Crippen LogP contribution in [0, 0.1) is 0 Å². The Labute approximate surface area is 228 Å². The highest BCUT2D eigenvalue weighted by atomic mass is 35.5. The van der Waals surface area contributed by atoms with Gasteiger partial charge in [-0.25, -0.2) is 13.1 Å². The fraction of sp³-hybridized carbons (Fsp3) is 0.409. The summed E-state index contributed by atoms with van der Waals surface area (Å²) < 4.78 is 94.1. The zero-order chi connectivity index (χ0) is 28.5. The normalized spacial score (nSPS) is 15.3. The summed E-state index contributed by atoms with van der Waals surface area (Å²) in [7, 11) is -6.11. The van der Waals surface area contributed by atoms with Gasteiger partial charge >= 0.3 is 6.18 Å². The van der Waals surface area contributed by atoms with Gasteiger partial charge in [0.05, 0.1) is 16.2 Å². The fourth-order valence-corrected chi connectivity index (χ4v) is 6.18. The van der Waals surface area contributed by atoms with Gasteiger partial charge in [0.25, 0.3) is 16.1 Å². The maximum atomic E-state index is 13.9. The number of benzene rings is 2. The third-order valence-corrected chi connectivity index (χ3v) is 9.45. The van der Waals surface area contributed by atoms with E-state index in [1.54, 1.807) is 4.90 Å². The van der Waals surface area contributed by atoms with E-state index < -0.39 is 43.7 Å². The highest BCUT2D eigenvalue weighted by molar-refractivity contribution is 7.91. The van der Waals surface area contributed by atoms with E-state index in [9.17, 15) is 34.8 Å². The zero-order valence-electron chi connectivity index (χ0n) is 20.2. The highest BCUT2D eigenvalue weighted by Gasteiger charge is 2.38. The van der Waals surface area contributed by atoms with E-state index in [1.165, 1.54) is 32.2 Å². The largest absolute Gasteiger partial charge is 0.416 e. The second-order valence-electron chi connectivity index (χ2n) is 8.54. The van der Waals surface area contributed by atoms with Crippen LogP contribution in [0.3, 0.4) is 0 Å². The Balaban J connectivity index is 1.80. The van der Waals surface area contributed by atoms with Crippen LogP contribution in [-0.2, 0) is 39.3 Å². The number of carbonyl (C=O) groups excluding carboxylic acids is 1. The molecule has 0 aliphatic carbocycles. The standard InChI is InChI=1S/C22H25Cl2F3N4O5S2/c1-3-37(33,34)20-5-4-15(23)6-14(20)9-29-21(32)13-7-18(22(25,26)27)17(19(24)8-13)12-31-10-16(11-31)30-38(35,36)28-2/h4-8,16,28,30H,3,9-12H2,1-2H3,(H,29,32). The topological polar surface area (TPSA) is 125 Å². The fourth-order valence-electron chi connectivity index (χ4n) is 3.88. The van der Waals surface area contributed by atoms with Gasteiger partial charge in [0.15, 0.2) is 9.84 Å². The number of amides is 1. The molecular formula is C22H25Cl2F3N4O5S2. The number of carbonyl (C=O) groups is 1. The SMILES string of the molecule is CCS(=O)(=O)c1ccc(Cl)cc1CNC(=O)c1cc(Cl)c(CN2CC(NS(=O)(=O)NC)C2)c(C(F)(F)F)c1. The number of nitrogens with zero attached hydrogens (tertiary/aromatic N) is 1. The molecule has 0 aromatic heterocycles. The lowest BCUT2D eigenvalue weighted by atomic mass is 10.00. The van der Waals surface area contributed by atoms with Crippen LogP contribution in [0.1, 0.15) is 34.0 Å².